The van der Waals surface area contributed by atoms with Gasteiger partial charge in [-0.05, 0) is 17.7 Å². The van der Waals surface area contributed by atoms with Gasteiger partial charge in [-0.2, -0.15) is 0 Å². The van der Waals surface area contributed by atoms with Gasteiger partial charge in [0.25, 0.3) is 0 Å². The van der Waals surface area contributed by atoms with Gasteiger partial charge in [-0.25, -0.2) is 4.68 Å². The minimum absolute atomic E-state index is 0.151. The lowest BCUT2D eigenvalue weighted by molar-refractivity contribution is 0.469. The van der Waals surface area contributed by atoms with E-state index in [-0.39, 0.29) is 5.75 Å². The van der Waals surface area contributed by atoms with E-state index in [0.717, 1.165) is 5.56 Å². The molecule has 0 aliphatic rings. The molecule has 2 aromatic rings. The molecule has 0 atom stereocenters. The Morgan fingerprint density at radius 1 is 1.43 bits per heavy atom. The number of nitrogens with two attached hydrogens (primary N) is 1. The van der Waals surface area contributed by atoms with E-state index in [9.17, 15) is 5.11 Å². The van der Waals surface area contributed by atoms with Gasteiger partial charge < -0.3 is 10.8 Å². The molecule has 5 nitrogen and oxygen atoms in total. The SMILES string of the molecule is NCc1ccc(-n2ccnn2)c(O)c1. The van der Waals surface area contributed by atoms with E-state index in [0.29, 0.717) is 12.2 Å². The van der Waals surface area contributed by atoms with E-state index in [1.807, 2.05) is 6.07 Å². The Hall–Kier alpha value is -1.88. The molecule has 0 unspecified atom stereocenters. The highest BCUT2D eigenvalue weighted by molar-refractivity contribution is 5.47. The number of aromatic hydroxyl groups is 1. The molecule has 0 amide bonds. The van der Waals surface area contributed by atoms with Crippen molar-refractivity contribution in [1.82, 2.24) is 15.0 Å². The fourth-order valence-electron chi connectivity index (χ4n) is 1.23. The van der Waals surface area contributed by atoms with Crippen molar-refractivity contribution in [3.8, 4) is 11.4 Å². The molecule has 5 heteroatoms. The highest BCUT2D eigenvalue weighted by atomic mass is 16.3. The quantitative estimate of drug-likeness (QED) is 0.720. The van der Waals surface area contributed by atoms with Gasteiger partial charge >= 0.3 is 0 Å². The first kappa shape index (κ1) is 8.71. The Bertz CT molecular complexity index is 424. The molecule has 2 rings (SSSR count). The van der Waals surface area contributed by atoms with Crippen LogP contribution in [0.15, 0.2) is 30.6 Å². The predicted octanol–water partition coefficient (Wildman–Crippen LogP) is 0.432. The minimum Gasteiger partial charge on any atom is -0.506 e. The third-order valence-electron chi connectivity index (χ3n) is 1.94. The molecule has 0 spiro atoms. The molecule has 1 aromatic carbocycles. The van der Waals surface area contributed by atoms with Crippen molar-refractivity contribution in [2.45, 2.75) is 6.54 Å². The van der Waals surface area contributed by atoms with Crippen LogP contribution in [0, 0.1) is 0 Å². The third kappa shape index (κ3) is 1.45. The van der Waals surface area contributed by atoms with Gasteiger partial charge in [-0.3, -0.25) is 0 Å². The van der Waals surface area contributed by atoms with E-state index < -0.39 is 0 Å². The van der Waals surface area contributed by atoms with Crippen LogP contribution in [0.3, 0.4) is 0 Å². The summed E-state index contributed by atoms with van der Waals surface area (Å²) in [4.78, 5) is 0. The van der Waals surface area contributed by atoms with Crippen LogP contribution in [0.1, 0.15) is 5.56 Å². The molecular weight excluding hydrogens is 180 g/mol. The second-order valence-corrected chi connectivity index (χ2v) is 2.87. The highest BCUT2D eigenvalue weighted by Crippen LogP contribution is 2.21. The van der Waals surface area contributed by atoms with Crippen LogP contribution in [0.4, 0.5) is 0 Å². The van der Waals surface area contributed by atoms with Crippen molar-refractivity contribution in [2.75, 3.05) is 0 Å². The monoisotopic (exact) mass is 190 g/mol. The number of hydrogen-bond donors (Lipinski definition) is 2. The van der Waals surface area contributed by atoms with Crippen molar-refractivity contribution in [3.63, 3.8) is 0 Å². The number of hydrogen-bond acceptors (Lipinski definition) is 4. The van der Waals surface area contributed by atoms with Crippen LogP contribution in [0.25, 0.3) is 5.69 Å². The Balaban J connectivity index is 2.46. The van der Waals surface area contributed by atoms with E-state index in [4.69, 9.17) is 5.73 Å². The van der Waals surface area contributed by atoms with Gasteiger partial charge in [-0.1, -0.05) is 11.3 Å². The number of phenols is 1. The molecule has 0 bridgehead atoms. The molecule has 1 aromatic heterocycles. The maximum Gasteiger partial charge on any atom is 0.141 e. The van der Waals surface area contributed by atoms with Crippen molar-refractivity contribution >= 4 is 0 Å². The molecule has 72 valence electrons. The molecule has 3 N–H and O–H groups in total. The van der Waals surface area contributed by atoms with Crippen molar-refractivity contribution in [2.24, 2.45) is 5.73 Å². The predicted molar refractivity (Wildman–Crippen MR) is 50.9 cm³/mol. The van der Waals surface area contributed by atoms with E-state index >= 15 is 0 Å². The van der Waals surface area contributed by atoms with Gasteiger partial charge in [-0.15, -0.1) is 5.10 Å². The summed E-state index contributed by atoms with van der Waals surface area (Å²) >= 11 is 0. The summed E-state index contributed by atoms with van der Waals surface area (Å²) in [6.07, 6.45) is 3.22. The zero-order valence-corrected chi connectivity index (χ0v) is 7.46. The van der Waals surface area contributed by atoms with E-state index in [1.165, 1.54) is 4.68 Å². The molecule has 0 saturated carbocycles. The van der Waals surface area contributed by atoms with Crippen LogP contribution in [-0.2, 0) is 6.54 Å². The number of phenolic OH excluding ortho intramolecular Hbond substituents is 1. The Morgan fingerprint density at radius 2 is 2.29 bits per heavy atom. The topological polar surface area (TPSA) is 77.0 Å². The van der Waals surface area contributed by atoms with Gasteiger partial charge in [0.15, 0.2) is 0 Å². The van der Waals surface area contributed by atoms with Crippen molar-refractivity contribution in [1.29, 1.82) is 0 Å². The summed E-state index contributed by atoms with van der Waals surface area (Å²) in [5, 5.41) is 17.1. The van der Waals surface area contributed by atoms with Crippen LogP contribution in [0.5, 0.6) is 5.75 Å². The first-order chi connectivity index (χ1) is 6.81. The zero-order chi connectivity index (χ0) is 9.97. The summed E-state index contributed by atoms with van der Waals surface area (Å²) in [7, 11) is 0. The standard InChI is InChI=1S/C9H10N4O/c10-6-7-1-2-8(9(14)5-7)13-4-3-11-12-13/h1-5,14H,6,10H2. The second kappa shape index (κ2) is 3.47. The molecule has 1 heterocycles. The molecular formula is C9H10N4O. The Kier molecular flexibility index (Phi) is 2.16. The van der Waals surface area contributed by atoms with Gasteiger partial charge in [0, 0.05) is 6.54 Å². The molecule has 0 aliphatic heterocycles. The van der Waals surface area contributed by atoms with Gasteiger partial charge in [0.2, 0.25) is 0 Å². The summed E-state index contributed by atoms with van der Waals surface area (Å²) < 4.78 is 1.50. The first-order valence-electron chi connectivity index (χ1n) is 4.20. The lowest BCUT2D eigenvalue weighted by atomic mass is 10.2. The average molecular weight is 190 g/mol. The lowest BCUT2D eigenvalue weighted by Crippen LogP contribution is -1.99. The second-order valence-electron chi connectivity index (χ2n) is 2.87. The summed E-state index contributed by atoms with van der Waals surface area (Å²) in [5.41, 5.74) is 6.92. The highest BCUT2D eigenvalue weighted by Gasteiger charge is 2.04. The van der Waals surface area contributed by atoms with Crippen LogP contribution in [0.2, 0.25) is 0 Å². The minimum atomic E-state index is 0.151. The smallest absolute Gasteiger partial charge is 0.141 e. The Morgan fingerprint density at radius 3 is 2.86 bits per heavy atom. The van der Waals surface area contributed by atoms with Crippen LogP contribution < -0.4 is 5.73 Å². The van der Waals surface area contributed by atoms with Crippen molar-refractivity contribution in [3.05, 3.63) is 36.2 Å². The number of nitrogens with zero attached hydrogens (tertiary/aromatic N) is 3. The number of aromatic nitrogens is 3. The van der Waals surface area contributed by atoms with Crippen LogP contribution >= 0.6 is 0 Å². The molecule has 0 saturated heterocycles. The number of benzene rings is 1. The molecule has 0 aliphatic carbocycles. The largest absolute Gasteiger partial charge is 0.506 e. The van der Waals surface area contributed by atoms with Crippen LogP contribution in [-0.4, -0.2) is 20.1 Å². The van der Waals surface area contributed by atoms with E-state index in [1.54, 1.807) is 24.5 Å². The fraction of sp³-hybridized carbons (Fsp3) is 0.111. The lowest BCUT2D eigenvalue weighted by Gasteiger charge is -2.04. The molecule has 14 heavy (non-hydrogen) atoms. The Labute approximate surface area is 80.8 Å². The van der Waals surface area contributed by atoms with Gasteiger partial charge in [0.05, 0.1) is 12.4 Å². The fourth-order valence-corrected chi connectivity index (χ4v) is 1.23. The maximum absolute atomic E-state index is 9.65. The van der Waals surface area contributed by atoms with E-state index in [2.05, 4.69) is 10.3 Å². The summed E-state index contributed by atoms with van der Waals surface area (Å²) in [6, 6.07) is 5.22. The first-order valence-corrected chi connectivity index (χ1v) is 4.20. The summed E-state index contributed by atoms with van der Waals surface area (Å²) in [5.74, 6) is 0.151. The zero-order valence-electron chi connectivity index (χ0n) is 7.46. The molecule has 0 fully saturated rings. The maximum atomic E-state index is 9.65. The third-order valence-corrected chi connectivity index (χ3v) is 1.94. The van der Waals surface area contributed by atoms with Crippen molar-refractivity contribution < 1.29 is 5.11 Å². The van der Waals surface area contributed by atoms with Gasteiger partial charge in [0.1, 0.15) is 11.4 Å². The number of rotatable bonds is 2. The average Bonchev–Trinajstić information content (AvgIpc) is 2.70. The summed E-state index contributed by atoms with van der Waals surface area (Å²) in [6.45, 7) is 0.408. The molecule has 0 radical (unpaired) electrons. The normalized spacial score (nSPS) is 10.4.